The molecule has 6 heteroatoms. The molecule has 0 amide bonds. The Morgan fingerprint density at radius 2 is 1.81 bits per heavy atom. The minimum absolute atomic E-state index is 0.769. The molecule has 0 bridgehead atoms. The van der Waals surface area contributed by atoms with Crippen LogP contribution in [-0.4, -0.2) is 33.3 Å². The van der Waals surface area contributed by atoms with Crippen LogP contribution >= 0.6 is 0 Å². The van der Waals surface area contributed by atoms with Crippen LogP contribution in [0.25, 0.3) is 0 Å². The SMILES string of the molecule is CNc1nc(C)nc(NCCCn2nc(C)cc2C)c1C. The first-order valence-corrected chi connectivity index (χ1v) is 7.29. The quantitative estimate of drug-likeness (QED) is 0.799. The topological polar surface area (TPSA) is 67.7 Å². The van der Waals surface area contributed by atoms with Gasteiger partial charge in [0.1, 0.15) is 17.5 Å². The molecule has 2 rings (SSSR count). The molecule has 0 aliphatic rings. The third-order valence-electron chi connectivity index (χ3n) is 3.44. The summed E-state index contributed by atoms with van der Waals surface area (Å²) in [4.78, 5) is 8.83. The Morgan fingerprint density at radius 3 is 2.43 bits per heavy atom. The first-order valence-electron chi connectivity index (χ1n) is 7.29. The molecule has 114 valence electrons. The highest BCUT2D eigenvalue weighted by atomic mass is 15.3. The number of anilines is 2. The maximum atomic E-state index is 4.47. The van der Waals surface area contributed by atoms with Gasteiger partial charge in [-0.15, -0.1) is 0 Å². The molecule has 2 aromatic heterocycles. The normalized spacial score (nSPS) is 10.7. The molecule has 0 atom stereocenters. The standard InChI is InChI=1S/C15H24N6/c1-10-9-11(2)21(20-10)8-6-7-17-15-12(3)14(16-5)18-13(4)19-15/h9H,6-8H2,1-5H3,(H2,16,17,18,19). The van der Waals surface area contributed by atoms with Gasteiger partial charge in [-0.25, -0.2) is 9.97 Å². The van der Waals surface area contributed by atoms with Crippen molar-refractivity contribution in [2.75, 3.05) is 24.2 Å². The van der Waals surface area contributed by atoms with Gasteiger partial charge in [0.25, 0.3) is 0 Å². The highest BCUT2D eigenvalue weighted by molar-refractivity contribution is 5.56. The molecule has 2 N–H and O–H groups in total. The van der Waals surface area contributed by atoms with Crippen LogP contribution in [0, 0.1) is 27.7 Å². The lowest BCUT2D eigenvalue weighted by Crippen LogP contribution is -2.12. The zero-order valence-corrected chi connectivity index (χ0v) is 13.5. The highest BCUT2D eigenvalue weighted by Crippen LogP contribution is 2.19. The third-order valence-corrected chi connectivity index (χ3v) is 3.44. The molecule has 2 aromatic rings. The van der Waals surface area contributed by atoms with Crippen LogP contribution in [0.4, 0.5) is 11.6 Å². The van der Waals surface area contributed by atoms with Crippen molar-refractivity contribution in [1.29, 1.82) is 0 Å². The van der Waals surface area contributed by atoms with Gasteiger partial charge in [0.2, 0.25) is 0 Å². The van der Waals surface area contributed by atoms with Crippen molar-refractivity contribution in [2.24, 2.45) is 0 Å². The largest absolute Gasteiger partial charge is 0.373 e. The van der Waals surface area contributed by atoms with E-state index < -0.39 is 0 Å². The molecular formula is C15H24N6. The van der Waals surface area contributed by atoms with E-state index in [1.165, 1.54) is 5.69 Å². The van der Waals surface area contributed by atoms with Crippen LogP contribution in [0.15, 0.2) is 6.07 Å². The van der Waals surface area contributed by atoms with E-state index in [1.807, 2.05) is 32.5 Å². The van der Waals surface area contributed by atoms with Gasteiger partial charge in [0.05, 0.1) is 5.69 Å². The van der Waals surface area contributed by atoms with E-state index >= 15 is 0 Å². The van der Waals surface area contributed by atoms with Crippen molar-refractivity contribution in [1.82, 2.24) is 19.7 Å². The Balaban J connectivity index is 1.92. The van der Waals surface area contributed by atoms with Crippen LogP contribution in [0.5, 0.6) is 0 Å². The Labute approximate surface area is 126 Å². The second-order valence-corrected chi connectivity index (χ2v) is 5.27. The van der Waals surface area contributed by atoms with Crippen LogP contribution in [-0.2, 0) is 6.54 Å². The Hall–Kier alpha value is -2.11. The number of rotatable bonds is 6. The van der Waals surface area contributed by atoms with Gasteiger partial charge in [-0.3, -0.25) is 4.68 Å². The van der Waals surface area contributed by atoms with Crippen molar-refractivity contribution >= 4 is 11.6 Å². The summed E-state index contributed by atoms with van der Waals surface area (Å²) in [7, 11) is 1.88. The number of aromatic nitrogens is 4. The van der Waals surface area contributed by atoms with E-state index in [2.05, 4.69) is 38.7 Å². The predicted molar refractivity (Wildman–Crippen MR) is 85.9 cm³/mol. The van der Waals surface area contributed by atoms with Crippen molar-refractivity contribution < 1.29 is 0 Å². The summed E-state index contributed by atoms with van der Waals surface area (Å²) >= 11 is 0. The van der Waals surface area contributed by atoms with E-state index in [9.17, 15) is 0 Å². The molecule has 0 spiro atoms. The second-order valence-electron chi connectivity index (χ2n) is 5.27. The van der Waals surface area contributed by atoms with Crippen LogP contribution < -0.4 is 10.6 Å². The van der Waals surface area contributed by atoms with E-state index in [-0.39, 0.29) is 0 Å². The summed E-state index contributed by atoms with van der Waals surface area (Å²) in [6.07, 6.45) is 0.999. The summed E-state index contributed by atoms with van der Waals surface area (Å²) in [5.74, 6) is 2.55. The van der Waals surface area contributed by atoms with E-state index in [0.29, 0.717) is 0 Å². The minimum Gasteiger partial charge on any atom is -0.373 e. The van der Waals surface area contributed by atoms with Crippen molar-refractivity contribution in [3.8, 4) is 0 Å². The highest BCUT2D eigenvalue weighted by Gasteiger charge is 2.07. The van der Waals surface area contributed by atoms with Crippen molar-refractivity contribution in [3.05, 3.63) is 28.8 Å². The molecule has 2 heterocycles. The summed E-state index contributed by atoms with van der Waals surface area (Å²) in [6.45, 7) is 9.81. The average molecular weight is 288 g/mol. The summed E-state index contributed by atoms with van der Waals surface area (Å²) in [6, 6.07) is 2.10. The van der Waals surface area contributed by atoms with Crippen molar-refractivity contribution in [3.63, 3.8) is 0 Å². The number of nitrogens with one attached hydrogen (secondary N) is 2. The van der Waals surface area contributed by atoms with Crippen molar-refractivity contribution in [2.45, 2.75) is 40.7 Å². The maximum Gasteiger partial charge on any atom is 0.134 e. The van der Waals surface area contributed by atoms with Crippen LogP contribution in [0.3, 0.4) is 0 Å². The third kappa shape index (κ3) is 3.71. The Morgan fingerprint density at radius 1 is 1.10 bits per heavy atom. The Bertz CT molecular complexity index is 617. The zero-order chi connectivity index (χ0) is 15.4. The zero-order valence-electron chi connectivity index (χ0n) is 13.5. The lowest BCUT2D eigenvalue weighted by Gasteiger charge is -2.12. The first-order chi connectivity index (χ1) is 10.0. The van der Waals surface area contributed by atoms with Gasteiger partial charge in [-0.05, 0) is 40.2 Å². The molecular weight excluding hydrogens is 264 g/mol. The van der Waals surface area contributed by atoms with Crippen LogP contribution in [0.1, 0.15) is 29.2 Å². The molecule has 0 aliphatic heterocycles. The molecule has 21 heavy (non-hydrogen) atoms. The summed E-state index contributed by atoms with van der Waals surface area (Å²) in [5.41, 5.74) is 3.33. The van der Waals surface area contributed by atoms with Gasteiger partial charge in [-0.1, -0.05) is 0 Å². The van der Waals surface area contributed by atoms with Crippen LogP contribution in [0.2, 0.25) is 0 Å². The lowest BCUT2D eigenvalue weighted by molar-refractivity contribution is 0.573. The summed E-state index contributed by atoms with van der Waals surface area (Å²) in [5, 5.41) is 11.0. The minimum atomic E-state index is 0.769. The molecule has 6 nitrogen and oxygen atoms in total. The molecule has 0 unspecified atom stereocenters. The van der Waals surface area contributed by atoms with E-state index in [1.54, 1.807) is 0 Å². The lowest BCUT2D eigenvalue weighted by atomic mass is 10.3. The molecule has 0 saturated carbocycles. The molecule has 0 saturated heterocycles. The van der Waals surface area contributed by atoms with Gasteiger partial charge < -0.3 is 10.6 Å². The smallest absolute Gasteiger partial charge is 0.134 e. The molecule has 0 radical (unpaired) electrons. The first kappa shape index (κ1) is 15.3. The maximum absolute atomic E-state index is 4.47. The van der Waals surface area contributed by atoms with Gasteiger partial charge in [-0.2, -0.15) is 5.10 Å². The molecule has 0 aliphatic carbocycles. The number of nitrogens with zero attached hydrogens (tertiary/aromatic N) is 4. The fourth-order valence-electron chi connectivity index (χ4n) is 2.38. The fourth-order valence-corrected chi connectivity index (χ4v) is 2.38. The monoisotopic (exact) mass is 288 g/mol. The van der Waals surface area contributed by atoms with Gasteiger partial charge in [0.15, 0.2) is 0 Å². The summed E-state index contributed by atoms with van der Waals surface area (Å²) < 4.78 is 2.05. The molecule has 0 fully saturated rings. The number of hydrogen-bond acceptors (Lipinski definition) is 5. The average Bonchev–Trinajstić information content (AvgIpc) is 2.76. The number of aryl methyl sites for hydroxylation is 4. The fraction of sp³-hybridized carbons (Fsp3) is 0.533. The second kappa shape index (κ2) is 6.56. The van der Waals surface area contributed by atoms with Gasteiger partial charge in [0, 0.05) is 31.4 Å². The van der Waals surface area contributed by atoms with Gasteiger partial charge >= 0.3 is 0 Å². The molecule has 0 aromatic carbocycles. The van der Waals surface area contributed by atoms with E-state index in [4.69, 9.17) is 0 Å². The Kier molecular flexibility index (Phi) is 4.77. The number of hydrogen-bond donors (Lipinski definition) is 2. The van der Waals surface area contributed by atoms with E-state index in [0.717, 1.165) is 48.2 Å². The predicted octanol–water partition coefficient (Wildman–Crippen LogP) is 2.45.